The predicted molar refractivity (Wildman–Crippen MR) is 74.2 cm³/mol. The quantitative estimate of drug-likeness (QED) is 0.879. The van der Waals surface area contributed by atoms with Gasteiger partial charge in [-0.1, -0.05) is 11.6 Å². The van der Waals surface area contributed by atoms with Gasteiger partial charge in [0.05, 0.1) is 18.2 Å². The largest absolute Gasteiger partial charge is 0.495 e. The van der Waals surface area contributed by atoms with Gasteiger partial charge in [0.2, 0.25) is 0 Å². The molecular formula is C14H15ClO4. The Morgan fingerprint density at radius 1 is 1.47 bits per heavy atom. The van der Waals surface area contributed by atoms with Crippen LogP contribution >= 0.6 is 11.6 Å². The number of hydrogen-bond acceptors (Lipinski definition) is 4. The van der Waals surface area contributed by atoms with Crippen LogP contribution in [0.2, 0.25) is 5.02 Å². The zero-order chi connectivity index (χ0) is 14.2. The minimum atomic E-state index is -0.604. The molecule has 1 heterocycles. The molecule has 0 radical (unpaired) electrons. The third-order valence-electron chi connectivity index (χ3n) is 3.06. The highest BCUT2D eigenvalue weighted by molar-refractivity contribution is 6.32. The predicted octanol–water partition coefficient (Wildman–Crippen LogP) is 2.69. The number of benzene rings is 1. The van der Waals surface area contributed by atoms with Crippen molar-refractivity contribution in [2.45, 2.75) is 26.4 Å². The lowest BCUT2D eigenvalue weighted by Gasteiger charge is -2.11. The second-order valence-electron chi connectivity index (χ2n) is 4.53. The van der Waals surface area contributed by atoms with Gasteiger partial charge >= 0.3 is 5.63 Å². The zero-order valence-corrected chi connectivity index (χ0v) is 11.7. The van der Waals surface area contributed by atoms with Gasteiger partial charge in [-0.25, -0.2) is 4.79 Å². The van der Waals surface area contributed by atoms with Gasteiger partial charge in [-0.2, -0.15) is 0 Å². The van der Waals surface area contributed by atoms with Crippen molar-refractivity contribution in [3.8, 4) is 5.75 Å². The van der Waals surface area contributed by atoms with Crippen molar-refractivity contribution in [2.75, 3.05) is 7.11 Å². The molecule has 1 N–H and O–H groups in total. The van der Waals surface area contributed by atoms with Gasteiger partial charge in [-0.3, -0.25) is 0 Å². The maximum absolute atomic E-state index is 11.9. The summed E-state index contributed by atoms with van der Waals surface area (Å²) in [6.45, 7) is 3.45. The summed E-state index contributed by atoms with van der Waals surface area (Å²) in [6, 6.07) is 3.30. The van der Waals surface area contributed by atoms with E-state index in [1.165, 1.54) is 7.11 Å². The molecule has 5 heteroatoms. The van der Waals surface area contributed by atoms with E-state index in [1.807, 2.05) is 6.92 Å². The number of methoxy groups -OCH3 is 1. The summed E-state index contributed by atoms with van der Waals surface area (Å²) in [6.07, 6.45) is -0.346. The van der Waals surface area contributed by atoms with Crippen molar-refractivity contribution in [1.82, 2.24) is 0 Å². The SMILES string of the molecule is COc1cc2oc(=O)c(C[C@H](C)O)c(C)c2cc1Cl. The number of rotatable bonds is 3. The number of aliphatic hydroxyl groups excluding tert-OH is 1. The fourth-order valence-electron chi connectivity index (χ4n) is 2.08. The molecule has 2 rings (SSSR count). The molecule has 0 aliphatic rings. The summed E-state index contributed by atoms with van der Waals surface area (Å²) < 4.78 is 10.4. The van der Waals surface area contributed by atoms with Crippen molar-refractivity contribution in [2.24, 2.45) is 0 Å². The average Bonchev–Trinajstić information content (AvgIpc) is 2.35. The Labute approximate surface area is 115 Å². The van der Waals surface area contributed by atoms with Crippen molar-refractivity contribution >= 4 is 22.6 Å². The van der Waals surface area contributed by atoms with Gasteiger partial charge in [0, 0.05) is 23.4 Å². The average molecular weight is 283 g/mol. The van der Waals surface area contributed by atoms with Gasteiger partial charge < -0.3 is 14.3 Å². The second kappa shape index (κ2) is 5.23. The van der Waals surface area contributed by atoms with Gasteiger partial charge in [-0.05, 0) is 25.5 Å². The van der Waals surface area contributed by atoms with Crippen LogP contribution in [0.1, 0.15) is 18.1 Å². The fourth-order valence-corrected chi connectivity index (χ4v) is 2.32. The lowest BCUT2D eigenvalue weighted by Crippen LogP contribution is -2.16. The molecule has 1 aromatic heterocycles. The first-order chi connectivity index (χ1) is 8.93. The van der Waals surface area contributed by atoms with Crippen LogP contribution in [0.5, 0.6) is 5.75 Å². The molecule has 19 heavy (non-hydrogen) atoms. The number of halogens is 1. The normalized spacial score (nSPS) is 12.7. The Hall–Kier alpha value is -1.52. The minimum absolute atomic E-state index is 0.258. The maximum atomic E-state index is 11.9. The lowest BCUT2D eigenvalue weighted by molar-refractivity contribution is 0.194. The van der Waals surface area contributed by atoms with E-state index in [2.05, 4.69) is 0 Å². The van der Waals surface area contributed by atoms with Gasteiger partial charge in [0.15, 0.2) is 0 Å². The summed E-state index contributed by atoms with van der Waals surface area (Å²) in [5.41, 5.74) is 1.24. The molecule has 0 aliphatic heterocycles. The summed E-state index contributed by atoms with van der Waals surface area (Å²) in [5.74, 6) is 0.458. The summed E-state index contributed by atoms with van der Waals surface area (Å²) in [5, 5.41) is 10.6. The van der Waals surface area contributed by atoms with Crippen LogP contribution in [0.15, 0.2) is 21.3 Å². The Morgan fingerprint density at radius 2 is 2.16 bits per heavy atom. The topological polar surface area (TPSA) is 59.7 Å². The molecular weight excluding hydrogens is 268 g/mol. The third-order valence-corrected chi connectivity index (χ3v) is 3.35. The van der Waals surface area contributed by atoms with Crippen molar-refractivity contribution in [3.63, 3.8) is 0 Å². The van der Waals surface area contributed by atoms with Gasteiger partial charge in [0.25, 0.3) is 0 Å². The molecule has 0 aliphatic carbocycles. The van der Waals surface area contributed by atoms with E-state index in [0.717, 1.165) is 10.9 Å². The van der Waals surface area contributed by atoms with Crippen LogP contribution < -0.4 is 10.4 Å². The standard InChI is InChI=1S/C14H15ClO4/c1-7(16)4-10-8(2)9-5-11(15)13(18-3)6-12(9)19-14(10)17/h5-7,16H,4H2,1-3H3/t7-/m0/s1. The fraction of sp³-hybridized carbons (Fsp3) is 0.357. The number of ether oxygens (including phenoxy) is 1. The summed E-state index contributed by atoms with van der Waals surface area (Å²) >= 11 is 6.08. The molecule has 1 atom stereocenters. The highest BCUT2D eigenvalue weighted by atomic mass is 35.5. The Bertz CT molecular complexity index is 673. The summed E-state index contributed by atoms with van der Waals surface area (Å²) in [4.78, 5) is 11.9. The van der Waals surface area contributed by atoms with Crippen LogP contribution in [0.3, 0.4) is 0 Å². The second-order valence-corrected chi connectivity index (χ2v) is 4.94. The monoisotopic (exact) mass is 282 g/mol. The first-order valence-corrected chi connectivity index (χ1v) is 6.29. The van der Waals surface area contributed by atoms with E-state index >= 15 is 0 Å². The van der Waals surface area contributed by atoms with E-state index < -0.39 is 11.7 Å². The smallest absolute Gasteiger partial charge is 0.339 e. The van der Waals surface area contributed by atoms with Gasteiger partial charge in [-0.15, -0.1) is 0 Å². The van der Waals surface area contributed by atoms with E-state index in [4.69, 9.17) is 20.8 Å². The first kappa shape index (κ1) is 13.9. The molecule has 1 aromatic carbocycles. The van der Waals surface area contributed by atoms with Crippen molar-refractivity contribution in [3.05, 3.63) is 38.7 Å². The number of aryl methyl sites for hydroxylation is 1. The first-order valence-electron chi connectivity index (χ1n) is 5.92. The van der Waals surface area contributed by atoms with Crippen LogP contribution in [0.25, 0.3) is 11.0 Å². The van der Waals surface area contributed by atoms with E-state index in [9.17, 15) is 9.90 Å². The summed E-state index contributed by atoms with van der Waals surface area (Å²) in [7, 11) is 1.50. The van der Waals surface area contributed by atoms with Crippen LogP contribution in [0, 0.1) is 6.92 Å². The molecule has 0 amide bonds. The minimum Gasteiger partial charge on any atom is -0.495 e. The van der Waals surface area contributed by atoms with Crippen LogP contribution in [-0.2, 0) is 6.42 Å². The molecule has 0 saturated heterocycles. The van der Waals surface area contributed by atoms with E-state index in [0.29, 0.717) is 21.9 Å². The molecule has 2 aromatic rings. The van der Waals surface area contributed by atoms with Crippen molar-refractivity contribution < 1.29 is 14.3 Å². The highest BCUT2D eigenvalue weighted by Crippen LogP contribution is 2.31. The third kappa shape index (κ3) is 2.60. The molecule has 0 fully saturated rings. The number of hydrogen-bond donors (Lipinski definition) is 1. The molecule has 4 nitrogen and oxygen atoms in total. The van der Waals surface area contributed by atoms with Crippen molar-refractivity contribution in [1.29, 1.82) is 0 Å². The molecule has 0 bridgehead atoms. The molecule has 102 valence electrons. The molecule has 0 unspecified atom stereocenters. The lowest BCUT2D eigenvalue weighted by atomic mass is 10.0. The number of fused-ring (bicyclic) bond motifs is 1. The van der Waals surface area contributed by atoms with Crippen LogP contribution in [-0.4, -0.2) is 18.3 Å². The van der Waals surface area contributed by atoms with E-state index in [1.54, 1.807) is 19.1 Å². The highest BCUT2D eigenvalue weighted by Gasteiger charge is 2.15. The Morgan fingerprint density at radius 3 is 2.74 bits per heavy atom. The zero-order valence-electron chi connectivity index (χ0n) is 11.0. The van der Waals surface area contributed by atoms with Crippen LogP contribution in [0.4, 0.5) is 0 Å². The maximum Gasteiger partial charge on any atom is 0.339 e. The van der Waals surface area contributed by atoms with Gasteiger partial charge in [0.1, 0.15) is 11.3 Å². The number of aliphatic hydroxyl groups is 1. The molecule has 0 saturated carbocycles. The molecule has 0 spiro atoms. The van der Waals surface area contributed by atoms with E-state index in [-0.39, 0.29) is 6.42 Å². The Balaban J connectivity index is 2.74. The Kier molecular flexibility index (Phi) is 3.83.